The molecule has 0 saturated heterocycles. The average molecular weight is 718 g/mol. The normalized spacial score (nSPS) is 13.0. The van der Waals surface area contributed by atoms with Crippen molar-refractivity contribution >= 4 is 22.6 Å². The minimum atomic E-state index is -0.472. The van der Waals surface area contributed by atoms with Gasteiger partial charge in [-0.15, -0.1) is 0 Å². The van der Waals surface area contributed by atoms with Crippen LogP contribution >= 0.6 is 0 Å². The molecule has 0 fully saturated rings. The topological polar surface area (TPSA) is 3.24 Å². The standard InChI is InChI=1S/C55H43N/c1-3-4-19-40(2)41-32-36-46(37-33-41)56(47-38-34-43(35-39-47)42-20-8-5-9-21-42)53-31-17-15-26-48(53)49-28-18-30-52-54(49)50-27-14-16-29-51(50)55(52,44-22-10-6-11-23-44)45-24-12-7-13-25-45/h3-39H,1-2H3/b4-3-,40-19+. The Balaban J connectivity index is 1.27. The van der Waals surface area contributed by atoms with E-state index in [4.69, 9.17) is 0 Å². The number of benzene rings is 8. The van der Waals surface area contributed by atoms with Crippen LogP contribution in [0, 0.1) is 0 Å². The minimum Gasteiger partial charge on any atom is -0.310 e. The Kier molecular flexibility index (Phi) is 9.35. The van der Waals surface area contributed by atoms with Crippen LogP contribution in [-0.2, 0) is 5.41 Å². The molecule has 0 aromatic heterocycles. The first-order valence-corrected chi connectivity index (χ1v) is 19.5. The summed E-state index contributed by atoms with van der Waals surface area (Å²) in [4.78, 5) is 2.42. The van der Waals surface area contributed by atoms with Gasteiger partial charge >= 0.3 is 0 Å². The summed E-state index contributed by atoms with van der Waals surface area (Å²) in [6.07, 6.45) is 6.34. The van der Waals surface area contributed by atoms with Gasteiger partial charge in [-0.2, -0.15) is 0 Å². The van der Waals surface area contributed by atoms with Crippen LogP contribution in [-0.4, -0.2) is 0 Å². The molecular weight excluding hydrogens is 675 g/mol. The average Bonchev–Trinajstić information content (AvgIpc) is 3.58. The quantitative estimate of drug-likeness (QED) is 0.134. The van der Waals surface area contributed by atoms with Crippen LogP contribution in [0.3, 0.4) is 0 Å². The summed E-state index contributed by atoms with van der Waals surface area (Å²) in [7, 11) is 0. The molecule has 1 nitrogen and oxygen atoms in total. The molecule has 0 heterocycles. The molecule has 9 rings (SSSR count). The fraction of sp³-hybridized carbons (Fsp3) is 0.0545. The lowest BCUT2D eigenvalue weighted by Gasteiger charge is -2.34. The largest absolute Gasteiger partial charge is 0.310 e. The van der Waals surface area contributed by atoms with E-state index in [1.165, 1.54) is 66.8 Å². The number of allylic oxidation sites excluding steroid dienone is 4. The lowest BCUT2D eigenvalue weighted by Crippen LogP contribution is -2.28. The summed E-state index contributed by atoms with van der Waals surface area (Å²) < 4.78 is 0. The molecule has 0 aliphatic heterocycles. The Labute approximate surface area is 331 Å². The third kappa shape index (κ3) is 5.99. The van der Waals surface area contributed by atoms with E-state index in [9.17, 15) is 0 Å². The predicted molar refractivity (Wildman–Crippen MR) is 238 cm³/mol. The van der Waals surface area contributed by atoms with Crippen LogP contribution in [0.15, 0.2) is 224 Å². The van der Waals surface area contributed by atoms with Crippen LogP contribution in [0.2, 0.25) is 0 Å². The van der Waals surface area contributed by atoms with Crippen molar-refractivity contribution in [3.8, 4) is 33.4 Å². The van der Waals surface area contributed by atoms with E-state index in [-0.39, 0.29) is 0 Å². The van der Waals surface area contributed by atoms with Gasteiger partial charge in [0.1, 0.15) is 0 Å². The molecule has 0 bridgehead atoms. The zero-order chi connectivity index (χ0) is 37.9. The van der Waals surface area contributed by atoms with Crippen LogP contribution in [0.4, 0.5) is 17.1 Å². The van der Waals surface area contributed by atoms with Crippen molar-refractivity contribution in [3.05, 3.63) is 252 Å². The predicted octanol–water partition coefficient (Wildman–Crippen LogP) is 14.8. The molecule has 8 aromatic rings. The SMILES string of the molecule is C/C=C\C=C(/C)c1ccc(N(c2ccc(-c3ccccc3)cc2)c2ccccc2-c2cccc3c2-c2ccccc2C3(c2ccccc2)c2ccccc2)cc1. The summed E-state index contributed by atoms with van der Waals surface area (Å²) in [6.45, 7) is 4.22. The molecule has 1 aliphatic rings. The fourth-order valence-corrected chi connectivity index (χ4v) is 8.68. The van der Waals surface area contributed by atoms with E-state index in [2.05, 4.69) is 243 Å². The Morgan fingerprint density at radius 3 is 1.59 bits per heavy atom. The number of hydrogen-bond donors (Lipinski definition) is 0. The van der Waals surface area contributed by atoms with Crippen molar-refractivity contribution in [3.63, 3.8) is 0 Å². The zero-order valence-electron chi connectivity index (χ0n) is 31.8. The summed E-state index contributed by atoms with van der Waals surface area (Å²) in [5.74, 6) is 0. The van der Waals surface area contributed by atoms with Gasteiger partial charge in [0.25, 0.3) is 0 Å². The lowest BCUT2D eigenvalue weighted by atomic mass is 9.67. The number of fused-ring (bicyclic) bond motifs is 3. The summed E-state index contributed by atoms with van der Waals surface area (Å²) >= 11 is 0. The third-order valence-corrected chi connectivity index (χ3v) is 11.3. The van der Waals surface area contributed by atoms with E-state index >= 15 is 0 Å². The van der Waals surface area contributed by atoms with E-state index < -0.39 is 5.41 Å². The highest BCUT2D eigenvalue weighted by Gasteiger charge is 2.46. The van der Waals surface area contributed by atoms with E-state index in [1.54, 1.807) is 0 Å². The summed E-state index contributed by atoms with van der Waals surface area (Å²) in [6, 6.07) is 75.5. The minimum absolute atomic E-state index is 0.472. The summed E-state index contributed by atoms with van der Waals surface area (Å²) in [5, 5.41) is 0. The van der Waals surface area contributed by atoms with E-state index in [1.807, 2.05) is 0 Å². The molecule has 0 atom stereocenters. The number of para-hydroxylation sites is 1. The number of rotatable bonds is 9. The maximum absolute atomic E-state index is 2.42. The monoisotopic (exact) mass is 717 g/mol. The zero-order valence-corrected chi connectivity index (χ0v) is 31.8. The molecule has 0 N–H and O–H groups in total. The van der Waals surface area contributed by atoms with Crippen molar-refractivity contribution in [1.82, 2.24) is 0 Å². The van der Waals surface area contributed by atoms with E-state index in [0.29, 0.717) is 0 Å². The molecule has 0 spiro atoms. The second kappa shape index (κ2) is 15.1. The first-order valence-electron chi connectivity index (χ1n) is 19.5. The van der Waals surface area contributed by atoms with Crippen LogP contribution in [0.25, 0.3) is 39.0 Å². The van der Waals surface area contributed by atoms with Crippen LogP contribution in [0.1, 0.15) is 41.7 Å². The molecule has 0 radical (unpaired) electrons. The Morgan fingerprint density at radius 2 is 0.946 bits per heavy atom. The third-order valence-electron chi connectivity index (χ3n) is 11.3. The number of nitrogens with zero attached hydrogens (tertiary/aromatic N) is 1. The highest BCUT2D eigenvalue weighted by atomic mass is 15.1. The molecule has 1 heteroatoms. The van der Waals surface area contributed by atoms with Crippen molar-refractivity contribution < 1.29 is 0 Å². The van der Waals surface area contributed by atoms with Gasteiger partial charge in [0, 0.05) is 16.9 Å². The highest BCUT2D eigenvalue weighted by molar-refractivity contribution is 6.00. The molecule has 0 saturated carbocycles. The summed E-state index contributed by atoms with van der Waals surface area (Å²) in [5.41, 5.74) is 17.8. The number of hydrogen-bond acceptors (Lipinski definition) is 1. The molecule has 0 amide bonds. The maximum atomic E-state index is 2.42. The van der Waals surface area contributed by atoms with E-state index in [0.717, 1.165) is 17.1 Å². The molecule has 0 unspecified atom stereocenters. The Morgan fingerprint density at radius 1 is 0.446 bits per heavy atom. The molecule has 1 aliphatic carbocycles. The van der Waals surface area contributed by atoms with Crippen LogP contribution in [0.5, 0.6) is 0 Å². The van der Waals surface area contributed by atoms with Gasteiger partial charge < -0.3 is 4.90 Å². The van der Waals surface area contributed by atoms with Crippen molar-refractivity contribution in [2.45, 2.75) is 19.3 Å². The van der Waals surface area contributed by atoms with Gasteiger partial charge in [-0.25, -0.2) is 0 Å². The molecular formula is C55H43N. The maximum Gasteiger partial charge on any atom is 0.0713 e. The van der Waals surface area contributed by atoms with Gasteiger partial charge in [0.15, 0.2) is 0 Å². The first kappa shape index (κ1) is 34.8. The number of anilines is 3. The van der Waals surface area contributed by atoms with Gasteiger partial charge in [-0.3, -0.25) is 0 Å². The smallest absolute Gasteiger partial charge is 0.0713 e. The van der Waals surface area contributed by atoms with Gasteiger partial charge in [-0.1, -0.05) is 194 Å². The first-order chi connectivity index (χ1) is 27.7. The van der Waals surface area contributed by atoms with Crippen LogP contribution < -0.4 is 4.90 Å². The van der Waals surface area contributed by atoms with Crippen molar-refractivity contribution in [2.24, 2.45) is 0 Å². The molecule has 56 heavy (non-hydrogen) atoms. The Hall–Kier alpha value is -6.96. The lowest BCUT2D eigenvalue weighted by molar-refractivity contribution is 0.768. The molecule has 268 valence electrons. The fourth-order valence-electron chi connectivity index (χ4n) is 8.68. The van der Waals surface area contributed by atoms with Gasteiger partial charge in [0.2, 0.25) is 0 Å². The van der Waals surface area contributed by atoms with Crippen molar-refractivity contribution in [2.75, 3.05) is 4.90 Å². The second-order valence-electron chi connectivity index (χ2n) is 14.4. The molecule has 8 aromatic carbocycles. The Bertz CT molecular complexity index is 2630. The van der Waals surface area contributed by atoms with Crippen molar-refractivity contribution in [1.29, 1.82) is 0 Å². The highest BCUT2D eigenvalue weighted by Crippen LogP contribution is 2.59. The van der Waals surface area contributed by atoms with Gasteiger partial charge in [-0.05, 0) is 105 Å². The van der Waals surface area contributed by atoms with Gasteiger partial charge in [0.05, 0.1) is 11.1 Å². The second-order valence-corrected chi connectivity index (χ2v) is 14.4.